The molecular formula is C16H26N4O2S. The second-order valence-electron chi connectivity index (χ2n) is 7.02. The molecule has 23 heavy (non-hydrogen) atoms. The van der Waals surface area contributed by atoms with Crippen LogP contribution in [0.15, 0.2) is 0 Å². The topological polar surface area (TPSA) is 75.2 Å². The van der Waals surface area contributed by atoms with Crippen LogP contribution in [0.25, 0.3) is 0 Å². The van der Waals surface area contributed by atoms with Crippen molar-refractivity contribution in [3.05, 3.63) is 5.01 Å². The van der Waals surface area contributed by atoms with Crippen molar-refractivity contribution in [1.29, 1.82) is 0 Å². The molecule has 0 saturated carbocycles. The van der Waals surface area contributed by atoms with Crippen molar-refractivity contribution in [1.82, 2.24) is 15.1 Å². The van der Waals surface area contributed by atoms with Gasteiger partial charge in [-0.15, -0.1) is 10.2 Å². The van der Waals surface area contributed by atoms with E-state index in [1.54, 1.807) is 4.90 Å². The highest BCUT2D eigenvalue weighted by Gasteiger charge is 2.39. The van der Waals surface area contributed by atoms with Crippen LogP contribution >= 0.6 is 11.3 Å². The third-order valence-corrected chi connectivity index (χ3v) is 5.31. The van der Waals surface area contributed by atoms with Gasteiger partial charge in [0.1, 0.15) is 5.01 Å². The van der Waals surface area contributed by atoms with Crippen molar-refractivity contribution < 1.29 is 9.59 Å². The van der Waals surface area contributed by atoms with E-state index in [1.807, 2.05) is 20.8 Å². The minimum Gasteiger partial charge on any atom is -0.337 e. The van der Waals surface area contributed by atoms with Gasteiger partial charge in [-0.2, -0.15) is 0 Å². The highest BCUT2D eigenvalue weighted by Crippen LogP contribution is 2.30. The number of likely N-dealkylation sites (tertiary alicyclic amines) is 1. The van der Waals surface area contributed by atoms with Gasteiger partial charge in [-0.3, -0.25) is 9.59 Å². The second kappa shape index (κ2) is 6.95. The maximum atomic E-state index is 12.4. The molecule has 2 rings (SSSR count). The molecule has 0 aromatic carbocycles. The number of carbonyl (C=O) groups is 2. The molecule has 1 saturated heterocycles. The lowest BCUT2D eigenvalue weighted by molar-refractivity contribution is -0.131. The summed E-state index contributed by atoms with van der Waals surface area (Å²) in [5.41, 5.74) is -0.252. The molecular weight excluding hydrogens is 312 g/mol. The van der Waals surface area contributed by atoms with E-state index in [1.165, 1.54) is 11.3 Å². The molecule has 6 nitrogen and oxygen atoms in total. The van der Waals surface area contributed by atoms with Crippen LogP contribution in [-0.4, -0.2) is 39.0 Å². The van der Waals surface area contributed by atoms with Crippen LogP contribution in [0.5, 0.6) is 0 Å². The summed E-state index contributed by atoms with van der Waals surface area (Å²) < 4.78 is 0. The van der Waals surface area contributed by atoms with E-state index in [4.69, 9.17) is 0 Å². The number of nitrogens with zero attached hydrogens (tertiary/aromatic N) is 3. The number of hydrogen-bond donors (Lipinski definition) is 1. The molecule has 1 atom stereocenters. The molecule has 0 unspecified atom stereocenters. The normalized spacial score (nSPS) is 18.8. The van der Waals surface area contributed by atoms with Crippen molar-refractivity contribution in [3.8, 4) is 0 Å². The fourth-order valence-electron chi connectivity index (χ4n) is 2.83. The number of rotatable bonds is 5. The van der Waals surface area contributed by atoms with E-state index in [-0.39, 0.29) is 29.7 Å². The van der Waals surface area contributed by atoms with Gasteiger partial charge in [0.25, 0.3) is 0 Å². The number of nitrogens with one attached hydrogen (secondary N) is 1. The molecule has 2 heterocycles. The molecule has 2 amide bonds. The zero-order valence-electron chi connectivity index (χ0n) is 14.5. The third-order valence-electron chi connectivity index (χ3n) is 4.31. The third kappa shape index (κ3) is 4.07. The largest absolute Gasteiger partial charge is 0.337 e. The van der Waals surface area contributed by atoms with Crippen LogP contribution in [0, 0.1) is 5.92 Å². The lowest BCUT2D eigenvalue weighted by Gasteiger charge is -2.31. The summed E-state index contributed by atoms with van der Waals surface area (Å²) in [6.45, 7) is 10.7. The first-order valence-electron chi connectivity index (χ1n) is 8.21. The summed E-state index contributed by atoms with van der Waals surface area (Å²) in [5.74, 6) is -0.0326. The minimum absolute atomic E-state index is 0.0348. The molecule has 1 aliphatic heterocycles. The summed E-state index contributed by atoms with van der Waals surface area (Å²) in [6, 6.07) is 0. The predicted octanol–water partition coefficient (Wildman–Crippen LogP) is 3.03. The van der Waals surface area contributed by atoms with Crippen molar-refractivity contribution in [2.75, 3.05) is 11.9 Å². The maximum Gasteiger partial charge on any atom is 0.231 e. The molecule has 1 aromatic heterocycles. The van der Waals surface area contributed by atoms with Crippen LogP contribution in [0.2, 0.25) is 0 Å². The summed E-state index contributed by atoms with van der Waals surface area (Å²) in [4.78, 5) is 26.3. The summed E-state index contributed by atoms with van der Waals surface area (Å²) in [7, 11) is 0. The van der Waals surface area contributed by atoms with Gasteiger partial charge >= 0.3 is 0 Å². The van der Waals surface area contributed by atoms with Crippen LogP contribution in [0.1, 0.15) is 64.8 Å². The zero-order valence-corrected chi connectivity index (χ0v) is 15.4. The Morgan fingerprint density at radius 1 is 1.35 bits per heavy atom. The first-order valence-corrected chi connectivity index (χ1v) is 9.02. The Bertz CT molecular complexity index is 575. The molecule has 1 aromatic rings. The van der Waals surface area contributed by atoms with Gasteiger partial charge in [-0.25, -0.2) is 0 Å². The van der Waals surface area contributed by atoms with Gasteiger partial charge < -0.3 is 10.2 Å². The van der Waals surface area contributed by atoms with E-state index >= 15 is 0 Å². The summed E-state index contributed by atoms with van der Waals surface area (Å²) in [5, 5.41) is 12.6. The average molecular weight is 338 g/mol. The number of hydrogen-bond acceptors (Lipinski definition) is 5. The first kappa shape index (κ1) is 17.8. The molecule has 0 bridgehead atoms. The maximum absolute atomic E-state index is 12.4. The molecule has 1 aliphatic rings. The van der Waals surface area contributed by atoms with Gasteiger partial charge in [0.15, 0.2) is 0 Å². The Morgan fingerprint density at radius 2 is 2.00 bits per heavy atom. The molecule has 0 aliphatic carbocycles. The predicted molar refractivity (Wildman–Crippen MR) is 91.4 cm³/mol. The number of aromatic nitrogens is 2. The van der Waals surface area contributed by atoms with Gasteiger partial charge in [0.05, 0.1) is 5.92 Å². The fraction of sp³-hybridized carbons (Fsp3) is 0.750. The van der Waals surface area contributed by atoms with Crippen molar-refractivity contribution in [2.45, 2.75) is 65.3 Å². The van der Waals surface area contributed by atoms with Crippen molar-refractivity contribution in [3.63, 3.8) is 0 Å². The highest BCUT2D eigenvalue weighted by molar-refractivity contribution is 7.15. The molecule has 0 spiro atoms. The number of carbonyl (C=O) groups excluding carboxylic acids is 2. The number of amides is 2. The van der Waals surface area contributed by atoms with E-state index in [2.05, 4.69) is 29.4 Å². The van der Waals surface area contributed by atoms with Gasteiger partial charge in [-0.05, 0) is 33.6 Å². The minimum atomic E-state index is -0.317. The monoisotopic (exact) mass is 338 g/mol. The summed E-state index contributed by atoms with van der Waals surface area (Å²) >= 11 is 1.43. The Balaban J connectivity index is 1.99. The SMILES string of the molecule is CCC(CC)c1nnc(NC(=O)[C@@H]2CC(=O)N(C(C)(C)C)C2)s1. The smallest absolute Gasteiger partial charge is 0.231 e. The van der Waals surface area contributed by atoms with Gasteiger partial charge in [-0.1, -0.05) is 25.2 Å². The number of anilines is 1. The molecule has 1 N–H and O–H groups in total. The molecule has 0 radical (unpaired) electrons. The molecule has 7 heteroatoms. The quantitative estimate of drug-likeness (QED) is 0.895. The Hall–Kier alpha value is -1.50. The van der Waals surface area contributed by atoms with E-state index in [9.17, 15) is 9.59 Å². The zero-order chi connectivity index (χ0) is 17.2. The van der Waals surface area contributed by atoms with Crippen molar-refractivity contribution >= 4 is 28.3 Å². The Morgan fingerprint density at radius 3 is 2.52 bits per heavy atom. The average Bonchev–Trinajstić information content (AvgIpc) is 3.07. The molecule has 128 valence electrons. The lowest BCUT2D eigenvalue weighted by atomic mass is 10.1. The lowest BCUT2D eigenvalue weighted by Crippen LogP contribution is -2.42. The van der Waals surface area contributed by atoms with E-state index in [0.717, 1.165) is 17.8 Å². The van der Waals surface area contributed by atoms with Crippen LogP contribution in [-0.2, 0) is 9.59 Å². The van der Waals surface area contributed by atoms with E-state index < -0.39 is 0 Å². The Labute approximate surface area is 141 Å². The van der Waals surface area contributed by atoms with Crippen LogP contribution in [0.3, 0.4) is 0 Å². The second-order valence-corrected chi connectivity index (χ2v) is 8.03. The highest BCUT2D eigenvalue weighted by atomic mass is 32.1. The van der Waals surface area contributed by atoms with Gasteiger partial charge in [0.2, 0.25) is 16.9 Å². The van der Waals surface area contributed by atoms with E-state index in [0.29, 0.717) is 17.6 Å². The standard InChI is InChI=1S/C16H26N4O2S/c1-6-10(7-2)14-18-19-15(23-14)17-13(22)11-8-12(21)20(9-11)16(3,4)5/h10-11H,6-9H2,1-5H3,(H,17,19,22)/t11-/m1/s1. The first-order chi connectivity index (χ1) is 10.8. The van der Waals surface area contributed by atoms with Crippen LogP contribution in [0.4, 0.5) is 5.13 Å². The fourth-order valence-corrected chi connectivity index (χ4v) is 3.84. The van der Waals surface area contributed by atoms with Gasteiger partial charge in [0, 0.05) is 24.4 Å². The molecule has 1 fully saturated rings. The Kier molecular flexibility index (Phi) is 5.39. The summed E-state index contributed by atoms with van der Waals surface area (Å²) in [6.07, 6.45) is 2.29. The van der Waals surface area contributed by atoms with Crippen LogP contribution < -0.4 is 5.32 Å². The van der Waals surface area contributed by atoms with Crippen molar-refractivity contribution in [2.24, 2.45) is 5.92 Å².